The largest absolute Gasteiger partial charge is 0.355 e. The van der Waals surface area contributed by atoms with Gasteiger partial charge in [0.25, 0.3) is 0 Å². The number of nitrogens with one attached hydrogen (secondary N) is 1. The van der Waals surface area contributed by atoms with E-state index in [-0.39, 0.29) is 16.7 Å². The van der Waals surface area contributed by atoms with Gasteiger partial charge in [-0.3, -0.25) is 4.98 Å². The monoisotopic (exact) mass is 422 g/mol. The maximum absolute atomic E-state index is 4.24. The van der Waals surface area contributed by atoms with Gasteiger partial charge in [-0.15, -0.1) is 0 Å². The molecule has 1 heterocycles. The molecule has 0 aliphatic carbocycles. The second-order valence-corrected chi connectivity index (χ2v) is 10.8. The average Bonchev–Trinajstić information content (AvgIpc) is 2.75. The minimum absolute atomic E-state index is 0.0713. The number of anilines is 2. The van der Waals surface area contributed by atoms with Crippen molar-refractivity contribution in [3.63, 3.8) is 0 Å². The van der Waals surface area contributed by atoms with Gasteiger partial charge in [-0.2, -0.15) is 0 Å². The van der Waals surface area contributed by atoms with Crippen LogP contribution in [0.25, 0.3) is 10.8 Å². The van der Waals surface area contributed by atoms with Gasteiger partial charge in [-0.05, 0) is 63.2 Å². The lowest BCUT2D eigenvalue weighted by atomic mass is 9.71. The zero-order valence-corrected chi connectivity index (χ0v) is 20.1. The Hall–Kier alpha value is -3.13. The van der Waals surface area contributed by atoms with Gasteiger partial charge in [0.2, 0.25) is 0 Å². The highest BCUT2D eigenvalue weighted by molar-refractivity contribution is 5.98. The number of aromatic nitrogens is 1. The summed E-state index contributed by atoms with van der Waals surface area (Å²) in [6.45, 7) is 13.7. The van der Waals surface area contributed by atoms with E-state index in [1.165, 1.54) is 27.5 Å². The fourth-order valence-corrected chi connectivity index (χ4v) is 4.59. The van der Waals surface area contributed by atoms with E-state index in [1.54, 1.807) is 0 Å². The predicted octanol–water partition coefficient (Wildman–Crippen LogP) is 8.45. The summed E-state index contributed by atoms with van der Waals surface area (Å²) in [4.78, 5) is 4.24. The molecule has 0 radical (unpaired) electrons. The molecule has 1 unspecified atom stereocenters. The van der Waals surface area contributed by atoms with Gasteiger partial charge in [0.05, 0.1) is 0 Å². The van der Waals surface area contributed by atoms with Crippen molar-refractivity contribution in [3.05, 3.63) is 102 Å². The van der Waals surface area contributed by atoms with Crippen LogP contribution in [0.5, 0.6) is 0 Å². The lowest BCUT2D eigenvalue weighted by Crippen LogP contribution is -2.20. The summed E-state index contributed by atoms with van der Waals surface area (Å²) in [6.07, 6.45) is 3.79. The Bertz CT molecular complexity index is 1190. The molecule has 0 fully saturated rings. The number of hydrogen-bond donors (Lipinski definition) is 1. The van der Waals surface area contributed by atoms with Crippen molar-refractivity contribution in [3.8, 4) is 0 Å². The molecular weight excluding hydrogens is 388 g/mol. The third-order valence-corrected chi connectivity index (χ3v) is 6.20. The topological polar surface area (TPSA) is 24.9 Å². The quantitative estimate of drug-likeness (QED) is 0.357. The summed E-state index contributed by atoms with van der Waals surface area (Å²) in [5.74, 6) is 0.274. The first-order valence-electron chi connectivity index (χ1n) is 11.4. The predicted molar refractivity (Wildman–Crippen MR) is 138 cm³/mol. The summed E-state index contributed by atoms with van der Waals surface area (Å²) < 4.78 is 0. The minimum Gasteiger partial charge on any atom is -0.355 e. The van der Waals surface area contributed by atoms with Crippen LogP contribution < -0.4 is 5.32 Å². The third-order valence-electron chi connectivity index (χ3n) is 6.20. The Morgan fingerprint density at radius 2 is 1.31 bits per heavy atom. The van der Waals surface area contributed by atoms with E-state index in [0.717, 1.165) is 11.4 Å². The Kier molecular flexibility index (Phi) is 5.81. The number of hydrogen-bond acceptors (Lipinski definition) is 2. The second-order valence-electron chi connectivity index (χ2n) is 10.8. The van der Waals surface area contributed by atoms with Crippen molar-refractivity contribution < 1.29 is 0 Å². The maximum atomic E-state index is 4.24. The van der Waals surface area contributed by atoms with Crippen LogP contribution in [0.2, 0.25) is 0 Å². The Morgan fingerprint density at radius 1 is 0.688 bits per heavy atom. The third kappa shape index (κ3) is 4.55. The number of benzene rings is 3. The van der Waals surface area contributed by atoms with E-state index in [2.05, 4.69) is 125 Å². The Labute approximate surface area is 192 Å². The molecule has 164 valence electrons. The second kappa shape index (κ2) is 8.43. The molecule has 32 heavy (non-hydrogen) atoms. The summed E-state index contributed by atoms with van der Waals surface area (Å²) in [5, 5.41) is 6.20. The minimum atomic E-state index is 0.0713. The van der Waals surface area contributed by atoms with Crippen LogP contribution in [0.3, 0.4) is 0 Å². The molecule has 1 aromatic heterocycles. The lowest BCUT2D eigenvalue weighted by Gasteiger charge is -2.33. The number of nitrogens with zero attached hydrogens (tertiary/aromatic N) is 1. The molecule has 3 aromatic carbocycles. The normalized spacial score (nSPS) is 13.2. The van der Waals surface area contributed by atoms with Crippen molar-refractivity contribution in [1.29, 1.82) is 0 Å². The van der Waals surface area contributed by atoms with Crippen LogP contribution in [0.15, 0.2) is 85.2 Å². The van der Waals surface area contributed by atoms with E-state index in [0.29, 0.717) is 0 Å². The van der Waals surface area contributed by atoms with E-state index < -0.39 is 0 Å². The first-order chi connectivity index (χ1) is 15.1. The summed E-state index contributed by atoms with van der Waals surface area (Å²) in [6, 6.07) is 26.3. The fraction of sp³-hybridized carbons (Fsp3) is 0.300. The molecule has 2 nitrogen and oxygen atoms in total. The van der Waals surface area contributed by atoms with Crippen LogP contribution in [-0.4, -0.2) is 4.98 Å². The van der Waals surface area contributed by atoms with Crippen molar-refractivity contribution in [1.82, 2.24) is 4.98 Å². The molecule has 0 aliphatic heterocycles. The van der Waals surface area contributed by atoms with Crippen molar-refractivity contribution in [2.75, 3.05) is 5.32 Å². The van der Waals surface area contributed by atoms with Crippen molar-refractivity contribution in [2.24, 2.45) is 5.41 Å². The smallest absolute Gasteiger partial charge is 0.0464 e. The summed E-state index contributed by atoms with van der Waals surface area (Å²) in [7, 11) is 0. The zero-order valence-electron chi connectivity index (χ0n) is 20.1. The van der Waals surface area contributed by atoms with E-state index in [9.17, 15) is 0 Å². The molecule has 0 bridgehead atoms. The zero-order chi connectivity index (χ0) is 22.9. The molecule has 1 N–H and O–H groups in total. The molecule has 0 amide bonds. The Balaban J connectivity index is 1.78. The summed E-state index contributed by atoms with van der Waals surface area (Å²) >= 11 is 0. The molecule has 2 heteroatoms. The van der Waals surface area contributed by atoms with E-state index in [1.807, 2.05) is 12.4 Å². The van der Waals surface area contributed by atoms with Crippen LogP contribution in [0.1, 0.15) is 64.2 Å². The summed E-state index contributed by atoms with van der Waals surface area (Å²) in [5.41, 5.74) is 6.47. The molecule has 4 aromatic rings. The maximum Gasteiger partial charge on any atom is 0.0464 e. The van der Waals surface area contributed by atoms with Gasteiger partial charge in [-0.25, -0.2) is 0 Å². The Morgan fingerprint density at radius 3 is 1.91 bits per heavy atom. The number of pyridine rings is 1. The highest BCUT2D eigenvalue weighted by Crippen LogP contribution is 2.44. The standard InChI is InChI=1S/C30H34N2/c1-29(2,3)22-11-13-23(14-12-22)32-27-16-15-26(24-9-7-8-10-25(24)27)28(30(4,5)6)21-17-19-31-20-18-21/h7-20,28,32H,1-6H3. The highest BCUT2D eigenvalue weighted by Gasteiger charge is 2.29. The van der Waals surface area contributed by atoms with Gasteiger partial charge in [0, 0.05) is 35.1 Å². The first-order valence-corrected chi connectivity index (χ1v) is 11.4. The van der Waals surface area contributed by atoms with Gasteiger partial charge in [0.1, 0.15) is 0 Å². The fourth-order valence-electron chi connectivity index (χ4n) is 4.59. The van der Waals surface area contributed by atoms with Crippen LogP contribution in [-0.2, 0) is 5.41 Å². The molecular formula is C30H34N2. The highest BCUT2D eigenvalue weighted by atomic mass is 14.9. The molecule has 0 aliphatic rings. The molecule has 0 saturated carbocycles. The number of rotatable bonds is 4. The van der Waals surface area contributed by atoms with Crippen molar-refractivity contribution in [2.45, 2.75) is 52.9 Å². The molecule has 0 spiro atoms. The molecule has 4 rings (SSSR count). The van der Waals surface area contributed by atoms with Crippen molar-refractivity contribution >= 4 is 22.1 Å². The lowest BCUT2D eigenvalue weighted by molar-refractivity contribution is 0.360. The van der Waals surface area contributed by atoms with Crippen LogP contribution in [0.4, 0.5) is 11.4 Å². The first kappa shape index (κ1) is 22.1. The van der Waals surface area contributed by atoms with E-state index >= 15 is 0 Å². The van der Waals surface area contributed by atoms with Crippen LogP contribution in [0, 0.1) is 5.41 Å². The van der Waals surface area contributed by atoms with Gasteiger partial charge >= 0.3 is 0 Å². The van der Waals surface area contributed by atoms with Gasteiger partial charge < -0.3 is 5.32 Å². The number of fused-ring (bicyclic) bond motifs is 1. The van der Waals surface area contributed by atoms with E-state index in [4.69, 9.17) is 0 Å². The van der Waals surface area contributed by atoms with Crippen LogP contribution >= 0.6 is 0 Å². The molecule has 1 atom stereocenters. The van der Waals surface area contributed by atoms with Gasteiger partial charge in [0.15, 0.2) is 0 Å². The molecule has 0 saturated heterocycles. The van der Waals surface area contributed by atoms with Gasteiger partial charge in [-0.1, -0.05) is 84.0 Å². The SMILES string of the molecule is CC(C)(C)c1ccc(Nc2ccc(C(c3ccncc3)C(C)(C)C)c3ccccc23)cc1. The average molecular weight is 423 g/mol.